The third-order valence-corrected chi connectivity index (χ3v) is 3.95. The van der Waals surface area contributed by atoms with Gasteiger partial charge in [0.15, 0.2) is 0 Å². The van der Waals surface area contributed by atoms with Crippen molar-refractivity contribution in [1.82, 2.24) is 5.43 Å². The van der Waals surface area contributed by atoms with Crippen molar-refractivity contribution in [3.8, 4) is 11.5 Å². The van der Waals surface area contributed by atoms with E-state index in [1.807, 2.05) is 26.0 Å². The van der Waals surface area contributed by atoms with Crippen LogP contribution in [0.15, 0.2) is 30.3 Å². The summed E-state index contributed by atoms with van der Waals surface area (Å²) in [5.74, 6) is 6.11. The van der Waals surface area contributed by atoms with Crippen molar-refractivity contribution >= 4 is 10.8 Å². The summed E-state index contributed by atoms with van der Waals surface area (Å²) in [6.07, 6.45) is 1.48. The zero-order valence-corrected chi connectivity index (χ0v) is 11.3. The van der Waals surface area contributed by atoms with Crippen LogP contribution >= 0.6 is 0 Å². The minimum absolute atomic E-state index is 0.178. The molecule has 0 atom stereocenters. The summed E-state index contributed by atoms with van der Waals surface area (Å²) in [7, 11) is 0. The Morgan fingerprint density at radius 1 is 1.11 bits per heavy atom. The summed E-state index contributed by atoms with van der Waals surface area (Å²) in [4.78, 5) is 0. The molecule has 0 fully saturated rings. The minimum Gasteiger partial charge on any atom is -0.508 e. The zero-order valence-electron chi connectivity index (χ0n) is 11.3. The summed E-state index contributed by atoms with van der Waals surface area (Å²) in [6.45, 7) is 4.04. The van der Waals surface area contributed by atoms with E-state index in [1.54, 1.807) is 18.2 Å². The van der Waals surface area contributed by atoms with E-state index in [1.165, 1.54) is 0 Å². The Labute approximate surface area is 112 Å². The molecule has 19 heavy (non-hydrogen) atoms. The van der Waals surface area contributed by atoms with Crippen LogP contribution in [-0.2, 0) is 5.54 Å². The third-order valence-electron chi connectivity index (χ3n) is 3.95. The fourth-order valence-electron chi connectivity index (χ4n) is 2.68. The summed E-state index contributed by atoms with van der Waals surface area (Å²) in [5, 5.41) is 21.7. The van der Waals surface area contributed by atoms with Gasteiger partial charge in [-0.25, -0.2) is 5.43 Å². The molecular formula is C15H20N2O2. The molecule has 0 aliphatic carbocycles. The van der Waals surface area contributed by atoms with Gasteiger partial charge in [-0.3, -0.25) is 5.84 Å². The number of phenols is 2. The van der Waals surface area contributed by atoms with Gasteiger partial charge in [-0.1, -0.05) is 26.0 Å². The molecule has 0 unspecified atom stereocenters. The Hall–Kier alpha value is -1.78. The summed E-state index contributed by atoms with van der Waals surface area (Å²) >= 11 is 0. The topological polar surface area (TPSA) is 78.5 Å². The Morgan fingerprint density at radius 3 is 2.32 bits per heavy atom. The first-order valence-corrected chi connectivity index (χ1v) is 6.51. The quantitative estimate of drug-likeness (QED) is 0.503. The Balaban J connectivity index is 2.83. The van der Waals surface area contributed by atoms with Gasteiger partial charge in [-0.2, -0.15) is 0 Å². The maximum Gasteiger partial charge on any atom is 0.121 e. The van der Waals surface area contributed by atoms with Crippen LogP contribution in [0.25, 0.3) is 10.8 Å². The molecule has 2 aromatic carbocycles. The van der Waals surface area contributed by atoms with E-state index in [9.17, 15) is 10.2 Å². The number of rotatable bonds is 4. The molecular weight excluding hydrogens is 240 g/mol. The lowest BCUT2D eigenvalue weighted by Crippen LogP contribution is -2.46. The van der Waals surface area contributed by atoms with Gasteiger partial charge >= 0.3 is 0 Å². The molecule has 0 heterocycles. The van der Waals surface area contributed by atoms with Crippen molar-refractivity contribution in [2.24, 2.45) is 5.84 Å². The second-order valence-electron chi connectivity index (χ2n) is 4.80. The van der Waals surface area contributed by atoms with E-state index in [-0.39, 0.29) is 11.5 Å². The normalized spacial score (nSPS) is 11.9. The lowest BCUT2D eigenvalue weighted by atomic mass is 9.82. The molecule has 0 bridgehead atoms. The standard InChI is InChI=1S/C15H20N2O2/c1-3-15(4-2,17-16)14-12-9-11(18)7-5-10(12)6-8-13(14)19/h5-9,17-19H,3-4,16H2,1-2H3. The maximum atomic E-state index is 10.3. The molecule has 0 amide bonds. The molecule has 102 valence electrons. The van der Waals surface area contributed by atoms with Crippen molar-refractivity contribution < 1.29 is 10.2 Å². The van der Waals surface area contributed by atoms with E-state index in [4.69, 9.17) is 5.84 Å². The highest BCUT2D eigenvalue weighted by molar-refractivity contribution is 5.89. The van der Waals surface area contributed by atoms with Crippen LogP contribution in [0.5, 0.6) is 11.5 Å². The fraction of sp³-hybridized carbons (Fsp3) is 0.333. The molecule has 2 aromatic rings. The molecule has 5 N–H and O–H groups in total. The van der Waals surface area contributed by atoms with Crippen LogP contribution in [0.2, 0.25) is 0 Å². The molecule has 0 saturated heterocycles. The van der Waals surface area contributed by atoms with Gasteiger partial charge < -0.3 is 10.2 Å². The van der Waals surface area contributed by atoms with Gasteiger partial charge in [0.1, 0.15) is 11.5 Å². The second-order valence-corrected chi connectivity index (χ2v) is 4.80. The molecule has 2 rings (SSSR count). The highest BCUT2D eigenvalue weighted by Gasteiger charge is 2.31. The smallest absolute Gasteiger partial charge is 0.121 e. The number of phenolic OH excluding ortho intramolecular Hbond substituents is 2. The largest absolute Gasteiger partial charge is 0.508 e. The number of nitrogens with one attached hydrogen (secondary N) is 1. The molecule has 0 aliphatic heterocycles. The summed E-state index contributed by atoms with van der Waals surface area (Å²) in [5.41, 5.74) is 3.08. The minimum atomic E-state index is -0.503. The average molecular weight is 260 g/mol. The van der Waals surface area contributed by atoms with E-state index in [2.05, 4.69) is 5.43 Å². The lowest BCUT2D eigenvalue weighted by molar-refractivity contribution is 0.303. The van der Waals surface area contributed by atoms with Gasteiger partial charge in [-0.05, 0) is 41.8 Å². The number of nitrogens with two attached hydrogens (primary N) is 1. The van der Waals surface area contributed by atoms with Gasteiger partial charge in [0.25, 0.3) is 0 Å². The molecule has 4 heteroatoms. The zero-order chi connectivity index (χ0) is 14.0. The van der Waals surface area contributed by atoms with Crippen LogP contribution in [-0.4, -0.2) is 10.2 Å². The number of benzene rings is 2. The first-order chi connectivity index (χ1) is 9.07. The van der Waals surface area contributed by atoms with E-state index < -0.39 is 5.54 Å². The first-order valence-electron chi connectivity index (χ1n) is 6.51. The fourth-order valence-corrected chi connectivity index (χ4v) is 2.68. The predicted molar refractivity (Wildman–Crippen MR) is 76.9 cm³/mol. The average Bonchev–Trinajstić information content (AvgIpc) is 2.43. The van der Waals surface area contributed by atoms with Crippen molar-refractivity contribution in [2.45, 2.75) is 32.2 Å². The van der Waals surface area contributed by atoms with E-state index in [0.717, 1.165) is 29.2 Å². The van der Waals surface area contributed by atoms with Gasteiger partial charge in [0.2, 0.25) is 0 Å². The van der Waals surface area contributed by atoms with Crippen LogP contribution in [0, 0.1) is 0 Å². The molecule has 0 radical (unpaired) electrons. The molecule has 0 saturated carbocycles. The predicted octanol–water partition coefficient (Wildman–Crippen LogP) is 2.73. The van der Waals surface area contributed by atoms with Gasteiger partial charge in [-0.15, -0.1) is 0 Å². The Kier molecular flexibility index (Phi) is 3.64. The summed E-state index contributed by atoms with van der Waals surface area (Å²) in [6, 6.07) is 8.65. The van der Waals surface area contributed by atoms with Crippen molar-refractivity contribution in [2.75, 3.05) is 0 Å². The third kappa shape index (κ3) is 2.13. The molecule has 0 aliphatic rings. The van der Waals surface area contributed by atoms with E-state index in [0.29, 0.717) is 0 Å². The Morgan fingerprint density at radius 2 is 1.74 bits per heavy atom. The van der Waals surface area contributed by atoms with Crippen molar-refractivity contribution in [1.29, 1.82) is 0 Å². The van der Waals surface area contributed by atoms with Crippen molar-refractivity contribution in [3.63, 3.8) is 0 Å². The van der Waals surface area contributed by atoms with E-state index >= 15 is 0 Å². The van der Waals surface area contributed by atoms with Crippen LogP contribution in [0.1, 0.15) is 32.3 Å². The first kappa shape index (κ1) is 13.6. The van der Waals surface area contributed by atoms with Crippen LogP contribution in [0.3, 0.4) is 0 Å². The highest BCUT2D eigenvalue weighted by atomic mass is 16.3. The van der Waals surface area contributed by atoms with Crippen molar-refractivity contribution in [3.05, 3.63) is 35.9 Å². The second kappa shape index (κ2) is 5.07. The van der Waals surface area contributed by atoms with Crippen LogP contribution in [0.4, 0.5) is 0 Å². The van der Waals surface area contributed by atoms with Gasteiger partial charge in [0, 0.05) is 5.56 Å². The maximum absolute atomic E-state index is 10.3. The van der Waals surface area contributed by atoms with Crippen LogP contribution < -0.4 is 11.3 Å². The highest BCUT2D eigenvalue weighted by Crippen LogP contribution is 2.40. The number of aromatic hydroxyl groups is 2. The number of fused-ring (bicyclic) bond motifs is 1. The number of hydrogen-bond donors (Lipinski definition) is 4. The molecule has 0 spiro atoms. The molecule has 0 aromatic heterocycles. The monoisotopic (exact) mass is 260 g/mol. The number of hydrogen-bond acceptors (Lipinski definition) is 4. The molecule has 4 nitrogen and oxygen atoms in total. The lowest BCUT2D eigenvalue weighted by Gasteiger charge is -2.33. The Bertz CT molecular complexity index is 578. The summed E-state index contributed by atoms with van der Waals surface area (Å²) < 4.78 is 0. The van der Waals surface area contributed by atoms with Gasteiger partial charge in [0.05, 0.1) is 5.54 Å². The number of hydrazine groups is 1. The SMILES string of the molecule is CCC(CC)(NN)c1c(O)ccc2ccc(O)cc12.